The molecule has 0 spiro atoms. The van der Waals surface area contributed by atoms with E-state index in [1.165, 1.54) is 12.1 Å². The van der Waals surface area contributed by atoms with Crippen LogP contribution in [0, 0.1) is 6.92 Å². The Bertz CT molecular complexity index is 629. The van der Waals surface area contributed by atoms with Crippen molar-refractivity contribution in [3.63, 3.8) is 0 Å². The number of sulfonamides is 1. The third-order valence-corrected chi connectivity index (χ3v) is 5.41. The number of carboxylic acid groups (broad SMARTS) is 1. The monoisotopic (exact) mass is 299 g/mol. The Morgan fingerprint density at radius 2 is 2.05 bits per heavy atom. The van der Waals surface area contributed by atoms with Gasteiger partial charge >= 0.3 is 5.97 Å². The van der Waals surface area contributed by atoms with Gasteiger partial charge in [-0.1, -0.05) is 6.07 Å². The molecular formula is C13H17NO5S. The van der Waals surface area contributed by atoms with Crippen molar-refractivity contribution in [1.82, 2.24) is 4.72 Å². The molecule has 0 aromatic heterocycles. The molecule has 0 heterocycles. The summed E-state index contributed by atoms with van der Waals surface area (Å²) in [5.41, 5.74) is -0.414. The second-order valence-electron chi connectivity index (χ2n) is 5.18. The van der Waals surface area contributed by atoms with Gasteiger partial charge in [-0.2, -0.15) is 0 Å². The first-order valence-electron chi connectivity index (χ1n) is 6.28. The molecule has 7 heteroatoms. The zero-order chi connectivity index (χ0) is 15.0. The van der Waals surface area contributed by atoms with E-state index in [2.05, 4.69) is 4.72 Å². The lowest BCUT2D eigenvalue weighted by Crippen LogP contribution is -2.56. The van der Waals surface area contributed by atoms with E-state index < -0.39 is 21.5 Å². The quantitative estimate of drug-likeness (QED) is 0.749. The fraction of sp³-hybridized carbons (Fsp3) is 0.462. The summed E-state index contributed by atoms with van der Waals surface area (Å²) in [6.07, 6.45) is 2.03. The van der Waals surface area contributed by atoms with E-state index in [0.717, 1.165) is 12.5 Å². The smallest absolute Gasteiger partial charge is 0.335 e. The molecule has 1 aliphatic rings. The summed E-state index contributed by atoms with van der Waals surface area (Å²) >= 11 is 0. The lowest BCUT2D eigenvalue weighted by atomic mass is 9.78. The molecule has 0 radical (unpaired) electrons. The molecule has 1 saturated carbocycles. The Morgan fingerprint density at radius 1 is 1.40 bits per heavy atom. The van der Waals surface area contributed by atoms with Gasteiger partial charge in [0.25, 0.3) is 0 Å². The van der Waals surface area contributed by atoms with Crippen LogP contribution in [0.1, 0.15) is 35.2 Å². The third kappa shape index (κ3) is 2.70. The molecule has 0 saturated heterocycles. The first kappa shape index (κ1) is 15.0. The number of nitrogens with one attached hydrogen (secondary N) is 1. The second kappa shape index (κ2) is 5.16. The summed E-state index contributed by atoms with van der Waals surface area (Å²) in [6, 6.07) is 3.97. The molecule has 0 amide bonds. The summed E-state index contributed by atoms with van der Waals surface area (Å²) in [7, 11) is -3.85. The van der Waals surface area contributed by atoms with Gasteiger partial charge in [-0.15, -0.1) is 0 Å². The maximum absolute atomic E-state index is 12.4. The number of aromatic carboxylic acids is 1. The van der Waals surface area contributed by atoms with Crippen LogP contribution in [0.5, 0.6) is 0 Å². The van der Waals surface area contributed by atoms with E-state index in [1.54, 1.807) is 6.92 Å². The van der Waals surface area contributed by atoms with Crippen molar-refractivity contribution in [3.05, 3.63) is 29.3 Å². The minimum Gasteiger partial charge on any atom is -0.478 e. The van der Waals surface area contributed by atoms with E-state index in [0.29, 0.717) is 18.4 Å². The third-order valence-electron chi connectivity index (χ3n) is 3.69. The van der Waals surface area contributed by atoms with Crippen LogP contribution in [0.3, 0.4) is 0 Å². The summed E-state index contributed by atoms with van der Waals surface area (Å²) in [5.74, 6) is -1.18. The van der Waals surface area contributed by atoms with Gasteiger partial charge < -0.3 is 10.2 Å². The van der Waals surface area contributed by atoms with Crippen LogP contribution in [-0.4, -0.2) is 36.7 Å². The Kier molecular flexibility index (Phi) is 3.86. The summed E-state index contributed by atoms with van der Waals surface area (Å²) in [4.78, 5) is 10.9. The molecule has 0 bridgehead atoms. The molecule has 110 valence electrons. The van der Waals surface area contributed by atoms with Crippen molar-refractivity contribution in [1.29, 1.82) is 0 Å². The summed E-state index contributed by atoms with van der Waals surface area (Å²) in [5, 5.41) is 18.3. The van der Waals surface area contributed by atoms with Crippen molar-refractivity contribution < 1.29 is 23.4 Å². The Morgan fingerprint density at radius 3 is 2.50 bits per heavy atom. The predicted molar refractivity (Wildman–Crippen MR) is 72.1 cm³/mol. The highest BCUT2D eigenvalue weighted by molar-refractivity contribution is 7.89. The predicted octanol–water partition coefficient (Wildman–Crippen LogP) is 0.887. The molecule has 3 N–H and O–H groups in total. The van der Waals surface area contributed by atoms with Gasteiger partial charge in [-0.25, -0.2) is 17.9 Å². The Labute approximate surface area is 117 Å². The van der Waals surface area contributed by atoms with Gasteiger partial charge in [0.1, 0.15) is 0 Å². The molecule has 0 aliphatic heterocycles. The number of rotatable bonds is 5. The number of aryl methyl sites for hydroxylation is 1. The van der Waals surface area contributed by atoms with Gasteiger partial charge in [-0.05, 0) is 43.9 Å². The minimum absolute atomic E-state index is 0.0582. The standard InChI is InChI=1S/C13H17NO5S/c1-9-3-4-10(12(16)17)7-11(9)20(18,19)14-13(8-15)5-2-6-13/h3-4,7,14-15H,2,5-6,8H2,1H3,(H,16,17). The van der Waals surface area contributed by atoms with Crippen LogP contribution >= 0.6 is 0 Å². The molecule has 1 aromatic rings. The van der Waals surface area contributed by atoms with Crippen molar-refractivity contribution >= 4 is 16.0 Å². The average Bonchev–Trinajstić information content (AvgIpc) is 2.34. The zero-order valence-corrected chi connectivity index (χ0v) is 11.9. The molecule has 1 fully saturated rings. The number of hydrogen-bond donors (Lipinski definition) is 3. The number of hydrogen-bond acceptors (Lipinski definition) is 4. The fourth-order valence-corrected chi connectivity index (χ4v) is 3.98. The maximum atomic E-state index is 12.4. The van der Waals surface area contributed by atoms with Crippen molar-refractivity contribution in [2.45, 2.75) is 36.6 Å². The minimum atomic E-state index is -3.85. The second-order valence-corrected chi connectivity index (χ2v) is 6.83. The van der Waals surface area contributed by atoms with Gasteiger partial charge in [0.15, 0.2) is 0 Å². The van der Waals surface area contributed by atoms with Gasteiger partial charge in [0.05, 0.1) is 22.6 Å². The topological polar surface area (TPSA) is 104 Å². The maximum Gasteiger partial charge on any atom is 0.335 e. The molecule has 6 nitrogen and oxygen atoms in total. The van der Waals surface area contributed by atoms with Gasteiger partial charge in [-0.3, -0.25) is 0 Å². The van der Waals surface area contributed by atoms with Crippen LogP contribution < -0.4 is 4.72 Å². The van der Waals surface area contributed by atoms with E-state index in [1.807, 2.05) is 0 Å². The number of aliphatic hydroxyl groups is 1. The summed E-state index contributed by atoms with van der Waals surface area (Å²) in [6.45, 7) is 1.34. The number of benzene rings is 1. The molecule has 0 atom stereocenters. The number of carboxylic acids is 1. The molecule has 0 unspecified atom stereocenters. The molecular weight excluding hydrogens is 282 g/mol. The van der Waals surface area contributed by atoms with Crippen molar-refractivity contribution in [2.75, 3.05) is 6.61 Å². The highest BCUT2D eigenvalue weighted by atomic mass is 32.2. The SMILES string of the molecule is Cc1ccc(C(=O)O)cc1S(=O)(=O)NC1(CO)CCC1. The van der Waals surface area contributed by atoms with E-state index in [-0.39, 0.29) is 17.1 Å². The summed E-state index contributed by atoms with van der Waals surface area (Å²) < 4.78 is 27.3. The normalized spacial score (nSPS) is 17.5. The average molecular weight is 299 g/mol. The van der Waals surface area contributed by atoms with Gasteiger partial charge in [0.2, 0.25) is 10.0 Å². The highest BCUT2D eigenvalue weighted by Crippen LogP contribution is 2.33. The first-order valence-corrected chi connectivity index (χ1v) is 7.77. The largest absolute Gasteiger partial charge is 0.478 e. The van der Waals surface area contributed by atoms with Crippen LogP contribution in [0.4, 0.5) is 0 Å². The van der Waals surface area contributed by atoms with Crippen LogP contribution in [0.15, 0.2) is 23.1 Å². The fourth-order valence-electron chi connectivity index (χ4n) is 2.26. The first-order chi connectivity index (χ1) is 9.30. The lowest BCUT2D eigenvalue weighted by Gasteiger charge is -2.40. The zero-order valence-electron chi connectivity index (χ0n) is 11.1. The van der Waals surface area contributed by atoms with E-state index in [4.69, 9.17) is 5.11 Å². The van der Waals surface area contributed by atoms with Gasteiger partial charge in [0, 0.05) is 0 Å². The molecule has 1 aromatic carbocycles. The molecule has 2 rings (SSSR count). The number of carbonyl (C=O) groups is 1. The van der Waals surface area contributed by atoms with Crippen LogP contribution in [-0.2, 0) is 10.0 Å². The lowest BCUT2D eigenvalue weighted by molar-refractivity contribution is 0.0696. The number of aliphatic hydroxyl groups excluding tert-OH is 1. The van der Waals surface area contributed by atoms with Crippen LogP contribution in [0.2, 0.25) is 0 Å². The van der Waals surface area contributed by atoms with E-state index in [9.17, 15) is 18.3 Å². The Balaban J connectivity index is 2.38. The Hall–Kier alpha value is -1.44. The molecule has 1 aliphatic carbocycles. The molecule has 20 heavy (non-hydrogen) atoms. The van der Waals surface area contributed by atoms with Crippen LogP contribution in [0.25, 0.3) is 0 Å². The highest BCUT2D eigenvalue weighted by Gasteiger charge is 2.40. The van der Waals surface area contributed by atoms with Crippen molar-refractivity contribution in [2.24, 2.45) is 0 Å². The van der Waals surface area contributed by atoms with Crippen molar-refractivity contribution in [3.8, 4) is 0 Å². The van der Waals surface area contributed by atoms with E-state index >= 15 is 0 Å².